The van der Waals surface area contributed by atoms with Crippen molar-refractivity contribution < 1.29 is 4.52 Å². The second-order valence-electron chi connectivity index (χ2n) is 6.90. The highest BCUT2D eigenvalue weighted by Gasteiger charge is 2.16. The van der Waals surface area contributed by atoms with Gasteiger partial charge in [0.05, 0.1) is 22.9 Å². The Hall–Kier alpha value is -3.18. The summed E-state index contributed by atoms with van der Waals surface area (Å²) >= 11 is 6.23. The summed E-state index contributed by atoms with van der Waals surface area (Å²) in [5.74, 6) is 1.69. The van der Waals surface area contributed by atoms with Gasteiger partial charge in [-0.15, -0.1) is 0 Å². The van der Waals surface area contributed by atoms with Crippen molar-refractivity contribution in [3.8, 4) is 16.8 Å². The Balaban J connectivity index is 1.80. The normalized spacial score (nSPS) is 11.6. The zero-order valence-corrected chi connectivity index (χ0v) is 16.4. The molecule has 5 nitrogen and oxygen atoms in total. The first kappa shape index (κ1) is 17.0. The van der Waals surface area contributed by atoms with Crippen LogP contribution in [0.4, 0.5) is 0 Å². The van der Waals surface area contributed by atoms with Crippen molar-refractivity contribution in [1.29, 1.82) is 0 Å². The Morgan fingerprint density at radius 1 is 1.00 bits per heavy atom. The average Bonchev–Trinajstić information content (AvgIpc) is 3.19. The molecule has 0 unspecified atom stereocenters. The Labute approximate surface area is 166 Å². The molecular weight excluding hydrogens is 372 g/mol. The third-order valence-electron chi connectivity index (χ3n) is 5.04. The Bertz CT molecular complexity index is 1350. The number of hydrogen-bond acceptors (Lipinski definition) is 4. The molecule has 0 saturated heterocycles. The molecule has 0 amide bonds. The maximum absolute atomic E-state index is 6.23. The van der Waals surface area contributed by atoms with Crippen LogP contribution in [0.15, 0.2) is 53.2 Å². The molecule has 0 saturated carbocycles. The van der Waals surface area contributed by atoms with Crippen LogP contribution in [0.25, 0.3) is 38.8 Å². The Morgan fingerprint density at radius 2 is 1.86 bits per heavy atom. The SMILES string of the molecule is Cc1noc(C)c1-c1ccc2c(c1)ncc1nc(C)n(-c3cccc(Cl)c3)c12. The molecule has 5 rings (SSSR count). The number of aryl methyl sites for hydroxylation is 3. The molecule has 0 aliphatic rings. The van der Waals surface area contributed by atoms with E-state index in [1.165, 1.54) is 0 Å². The first-order chi connectivity index (χ1) is 13.5. The van der Waals surface area contributed by atoms with Crippen LogP contribution in [0.3, 0.4) is 0 Å². The molecular formula is C22H17ClN4O. The van der Waals surface area contributed by atoms with Crippen molar-refractivity contribution in [3.05, 3.63) is 71.0 Å². The number of aromatic nitrogens is 4. The fourth-order valence-corrected chi connectivity index (χ4v) is 4.04. The van der Waals surface area contributed by atoms with Crippen LogP contribution in [0.5, 0.6) is 0 Å². The van der Waals surface area contributed by atoms with E-state index in [0.717, 1.165) is 56.0 Å². The van der Waals surface area contributed by atoms with E-state index in [1.54, 1.807) is 0 Å². The van der Waals surface area contributed by atoms with Crippen molar-refractivity contribution in [2.45, 2.75) is 20.8 Å². The molecule has 0 radical (unpaired) electrons. The highest BCUT2D eigenvalue weighted by molar-refractivity contribution is 6.30. The van der Waals surface area contributed by atoms with Crippen molar-refractivity contribution in [2.24, 2.45) is 0 Å². The summed E-state index contributed by atoms with van der Waals surface area (Å²) in [5.41, 5.74) is 6.69. The number of fused-ring (bicyclic) bond motifs is 3. The summed E-state index contributed by atoms with van der Waals surface area (Å²) in [6.45, 7) is 5.86. The smallest absolute Gasteiger partial charge is 0.141 e. The molecule has 3 heterocycles. The maximum atomic E-state index is 6.23. The first-order valence-electron chi connectivity index (χ1n) is 9.00. The minimum atomic E-state index is 0.692. The highest BCUT2D eigenvalue weighted by Crippen LogP contribution is 2.33. The molecule has 0 N–H and O–H groups in total. The largest absolute Gasteiger partial charge is 0.361 e. The predicted octanol–water partition coefficient (Wildman–Crippen LogP) is 5.81. The molecule has 0 fully saturated rings. The van der Waals surface area contributed by atoms with Gasteiger partial charge in [-0.25, -0.2) is 4.98 Å². The number of pyridine rings is 1. The number of rotatable bonds is 2. The van der Waals surface area contributed by atoms with Crippen molar-refractivity contribution in [2.75, 3.05) is 0 Å². The van der Waals surface area contributed by atoms with Crippen LogP contribution in [-0.4, -0.2) is 19.7 Å². The quantitative estimate of drug-likeness (QED) is 0.383. The molecule has 0 aliphatic carbocycles. The minimum absolute atomic E-state index is 0.692. The topological polar surface area (TPSA) is 56.7 Å². The zero-order chi connectivity index (χ0) is 19.4. The molecule has 28 heavy (non-hydrogen) atoms. The van der Waals surface area contributed by atoms with E-state index in [4.69, 9.17) is 21.1 Å². The summed E-state index contributed by atoms with van der Waals surface area (Å²) < 4.78 is 7.45. The summed E-state index contributed by atoms with van der Waals surface area (Å²) in [6, 6.07) is 14.0. The fraction of sp³-hybridized carbons (Fsp3) is 0.136. The highest BCUT2D eigenvalue weighted by atomic mass is 35.5. The summed E-state index contributed by atoms with van der Waals surface area (Å²) in [7, 11) is 0. The summed E-state index contributed by atoms with van der Waals surface area (Å²) in [5, 5.41) is 5.79. The molecule has 0 bridgehead atoms. The third-order valence-corrected chi connectivity index (χ3v) is 5.27. The predicted molar refractivity (Wildman–Crippen MR) is 111 cm³/mol. The van der Waals surface area contributed by atoms with Crippen molar-refractivity contribution in [3.63, 3.8) is 0 Å². The van der Waals surface area contributed by atoms with E-state index in [0.29, 0.717) is 5.02 Å². The summed E-state index contributed by atoms with van der Waals surface area (Å²) in [6.07, 6.45) is 1.82. The standard InChI is InChI=1S/C22H17ClN4O/c1-12-21(13(2)28-26-12)15-7-8-18-19(9-15)24-11-20-22(18)27(14(3)25-20)17-6-4-5-16(23)10-17/h4-11H,1-3H3. The monoisotopic (exact) mass is 388 g/mol. The van der Waals surface area contributed by atoms with Crippen LogP contribution < -0.4 is 0 Å². The lowest BCUT2D eigenvalue weighted by Crippen LogP contribution is -1.97. The molecule has 0 spiro atoms. The molecule has 138 valence electrons. The van der Waals surface area contributed by atoms with Crippen LogP contribution >= 0.6 is 11.6 Å². The van der Waals surface area contributed by atoms with Crippen LogP contribution in [0.2, 0.25) is 5.02 Å². The Kier molecular flexibility index (Phi) is 3.74. The van der Waals surface area contributed by atoms with Gasteiger partial charge in [-0.2, -0.15) is 0 Å². The second kappa shape index (κ2) is 6.17. The van der Waals surface area contributed by atoms with Gasteiger partial charge in [-0.3, -0.25) is 9.55 Å². The van der Waals surface area contributed by atoms with Crippen LogP contribution in [0, 0.1) is 20.8 Å². The second-order valence-corrected chi connectivity index (χ2v) is 7.33. The van der Waals surface area contributed by atoms with Gasteiger partial charge >= 0.3 is 0 Å². The first-order valence-corrected chi connectivity index (χ1v) is 9.38. The maximum Gasteiger partial charge on any atom is 0.141 e. The molecule has 6 heteroatoms. The van der Waals surface area contributed by atoms with Crippen LogP contribution in [0.1, 0.15) is 17.3 Å². The van der Waals surface area contributed by atoms with E-state index in [9.17, 15) is 0 Å². The van der Waals surface area contributed by atoms with Gasteiger partial charge in [-0.1, -0.05) is 28.9 Å². The van der Waals surface area contributed by atoms with Gasteiger partial charge in [0.1, 0.15) is 17.1 Å². The van der Waals surface area contributed by atoms with Crippen molar-refractivity contribution in [1.82, 2.24) is 19.7 Å². The zero-order valence-electron chi connectivity index (χ0n) is 15.7. The van der Waals surface area contributed by atoms with E-state index in [1.807, 2.05) is 51.2 Å². The molecule has 0 aliphatic heterocycles. The van der Waals surface area contributed by atoms with E-state index in [2.05, 4.69) is 32.9 Å². The lowest BCUT2D eigenvalue weighted by molar-refractivity contribution is 0.393. The Morgan fingerprint density at radius 3 is 2.61 bits per heavy atom. The summed E-state index contributed by atoms with van der Waals surface area (Å²) in [4.78, 5) is 9.35. The van der Waals surface area contributed by atoms with E-state index in [-0.39, 0.29) is 0 Å². The van der Waals surface area contributed by atoms with Gasteiger partial charge in [-0.05, 0) is 56.7 Å². The average molecular weight is 389 g/mol. The van der Waals surface area contributed by atoms with Gasteiger partial charge in [0.25, 0.3) is 0 Å². The number of benzene rings is 2. The van der Waals surface area contributed by atoms with E-state index >= 15 is 0 Å². The molecule has 0 atom stereocenters. The number of nitrogens with zero attached hydrogens (tertiary/aromatic N) is 4. The lowest BCUT2D eigenvalue weighted by Gasteiger charge is -2.10. The van der Waals surface area contributed by atoms with Gasteiger partial charge in [0, 0.05) is 21.7 Å². The molecule has 2 aromatic carbocycles. The van der Waals surface area contributed by atoms with Crippen LogP contribution in [-0.2, 0) is 0 Å². The lowest BCUT2D eigenvalue weighted by atomic mass is 10.0. The van der Waals surface area contributed by atoms with E-state index < -0.39 is 0 Å². The van der Waals surface area contributed by atoms with Gasteiger partial charge in [0.2, 0.25) is 0 Å². The fourth-order valence-electron chi connectivity index (χ4n) is 3.85. The van der Waals surface area contributed by atoms with Crippen molar-refractivity contribution >= 4 is 33.5 Å². The van der Waals surface area contributed by atoms with Gasteiger partial charge < -0.3 is 4.52 Å². The number of imidazole rings is 1. The third kappa shape index (κ3) is 2.51. The number of halogens is 1. The number of hydrogen-bond donors (Lipinski definition) is 0. The molecule has 5 aromatic rings. The minimum Gasteiger partial charge on any atom is -0.361 e. The molecule has 3 aromatic heterocycles. The van der Waals surface area contributed by atoms with Gasteiger partial charge in [0.15, 0.2) is 0 Å².